The lowest BCUT2D eigenvalue weighted by atomic mass is 10.2. The van der Waals surface area contributed by atoms with Gasteiger partial charge in [0, 0.05) is 21.8 Å². The van der Waals surface area contributed by atoms with E-state index in [4.69, 9.17) is 17.3 Å². The van der Waals surface area contributed by atoms with Crippen LogP contribution in [0, 0.1) is 6.92 Å². The number of hydrogen-bond donors (Lipinski definition) is 2. The second kappa shape index (κ2) is 4.73. The zero-order valence-corrected chi connectivity index (χ0v) is 10.6. The molecular formula is C11H10ClN3OS. The number of halogens is 1. The Balaban J connectivity index is 2.22. The molecule has 0 aliphatic rings. The van der Waals surface area contributed by atoms with Gasteiger partial charge in [0.05, 0.1) is 5.56 Å². The smallest absolute Gasteiger partial charge is 0.259 e. The molecule has 1 aromatic heterocycles. The molecule has 0 saturated heterocycles. The van der Waals surface area contributed by atoms with Gasteiger partial charge in [-0.1, -0.05) is 11.6 Å². The number of carbonyl (C=O) groups is 1. The van der Waals surface area contributed by atoms with E-state index in [0.29, 0.717) is 21.4 Å². The van der Waals surface area contributed by atoms with Crippen LogP contribution in [0.25, 0.3) is 0 Å². The number of nitrogens with zero attached hydrogens (tertiary/aromatic N) is 1. The zero-order chi connectivity index (χ0) is 12.4. The number of amides is 1. The highest BCUT2D eigenvalue weighted by atomic mass is 35.5. The maximum atomic E-state index is 11.9. The Kier molecular flexibility index (Phi) is 3.31. The fourth-order valence-electron chi connectivity index (χ4n) is 1.30. The fourth-order valence-corrected chi connectivity index (χ4v) is 2.13. The molecule has 2 aromatic rings. The van der Waals surface area contributed by atoms with Crippen LogP contribution in [0.3, 0.4) is 0 Å². The largest absolute Gasteiger partial charge is 0.398 e. The lowest BCUT2D eigenvalue weighted by Crippen LogP contribution is -2.13. The van der Waals surface area contributed by atoms with Crippen LogP contribution in [-0.2, 0) is 0 Å². The minimum Gasteiger partial charge on any atom is -0.398 e. The minimum atomic E-state index is -0.306. The molecule has 2 rings (SSSR count). The highest BCUT2D eigenvalue weighted by Gasteiger charge is 2.12. The van der Waals surface area contributed by atoms with Gasteiger partial charge in [-0.25, -0.2) is 4.98 Å². The van der Waals surface area contributed by atoms with Gasteiger partial charge in [0.25, 0.3) is 5.91 Å². The third-order valence-corrected chi connectivity index (χ3v) is 3.17. The van der Waals surface area contributed by atoms with Gasteiger partial charge in [-0.3, -0.25) is 10.1 Å². The molecule has 1 heterocycles. The molecule has 0 unspecified atom stereocenters. The number of rotatable bonds is 2. The van der Waals surface area contributed by atoms with Crippen LogP contribution in [-0.4, -0.2) is 10.9 Å². The summed E-state index contributed by atoms with van der Waals surface area (Å²) in [4.78, 5) is 17.0. The average Bonchev–Trinajstić information content (AvgIpc) is 2.67. The van der Waals surface area contributed by atoms with E-state index in [1.807, 2.05) is 6.92 Å². The van der Waals surface area contributed by atoms with Crippen molar-refractivity contribution in [1.82, 2.24) is 4.98 Å². The van der Waals surface area contributed by atoms with Crippen molar-refractivity contribution in [3.05, 3.63) is 39.9 Å². The third kappa shape index (κ3) is 2.75. The molecule has 0 fully saturated rings. The van der Waals surface area contributed by atoms with E-state index in [2.05, 4.69) is 10.3 Å². The molecule has 1 aromatic carbocycles. The van der Waals surface area contributed by atoms with Crippen molar-refractivity contribution in [1.29, 1.82) is 0 Å². The second-order valence-corrected chi connectivity index (χ2v) is 5.13. The maximum Gasteiger partial charge on any atom is 0.259 e. The molecule has 0 spiro atoms. The first-order valence-electron chi connectivity index (χ1n) is 4.85. The van der Waals surface area contributed by atoms with E-state index in [1.165, 1.54) is 17.4 Å². The first-order valence-corrected chi connectivity index (χ1v) is 6.04. The van der Waals surface area contributed by atoms with Gasteiger partial charge in [0.1, 0.15) is 0 Å². The van der Waals surface area contributed by atoms with Gasteiger partial charge >= 0.3 is 0 Å². The highest BCUT2D eigenvalue weighted by Crippen LogP contribution is 2.21. The quantitative estimate of drug-likeness (QED) is 0.822. The van der Waals surface area contributed by atoms with Crippen LogP contribution in [0.15, 0.2) is 24.4 Å². The Morgan fingerprint density at radius 3 is 2.94 bits per heavy atom. The summed E-state index contributed by atoms with van der Waals surface area (Å²) in [5, 5.41) is 3.70. The number of nitrogen functional groups attached to an aromatic ring is 1. The summed E-state index contributed by atoms with van der Waals surface area (Å²) < 4.78 is 0. The van der Waals surface area contributed by atoms with Crippen LogP contribution in [0.4, 0.5) is 10.8 Å². The topological polar surface area (TPSA) is 68.0 Å². The molecule has 0 atom stereocenters. The lowest BCUT2D eigenvalue weighted by molar-refractivity contribution is 0.102. The molecule has 0 saturated carbocycles. The highest BCUT2D eigenvalue weighted by molar-refractivity contribution is 7.15. The number of aromatic nitrogens is 1. The first-order chi connectivity index (χ1) is 8.06. The van der Waals surface area contributed by atoms with Crippen molar-refractivity contribution in [2.24, 2.45) is 0 Å². The van der Waals surface area contributed by atoms with E-state index >= 15 is 0 Å². The Morgan fingerprint density at radius 1 is 1.53 bits per heavy atom. The van der Waals surface area contributed by atoms with Crippen molar-refractivity contribution >= 4 is 39.7 Å². The predicted molar refractivity (Wildman–Crippen MR) is 70.7 cm³/mol. The van der Waals surface area contributed by atoms with Crippen LogP contribution < -0.4 is 11.1 Å². The molecule has 4 nitrogen and oxygen atoms in total. The number of nitrogens with two attached hydrogens (primary N) is 1. The molecule has 3 N–H and O–H groups in total. The predicted octanol–water partition coefficient (Wildman–Crippen LogP) is 2.94. The molecule has 0 radical (unpaired) electrons. The van der Waals surface area contributed by atoms with E-state index in [9.17, 15) is 4.79 Å². The van der Waals surface area contributed by atoms with Crippen molar-refractivity contribution in [3.63, 3.8) is 0 Å². The summed E-state index contributed by atoms with van der Waals surface area (Å²) in [6, 6.07) is 4.78. The number of benzene rings is 1. The third-order valence-electron chi connectivity index (χ3n) is 2.10. The molecule has 0 aliphatic heterocycles. The molecule has 0 bridgehead atoms. The van der Waals surface area contributed by atoms with Crippen LogP contribution in [0.1, 0.15) is 15.2 Å². The van der Waals surface area contributed by atoms with Crippen LogP contribution in [0.2, 0.25) is 5.02 Å². The van der Waals surface area contributed by atoms with Crippen LogP contribution >= 0.6 is 22.9 Å². The van der Waals surface area contributed by atoms with Crippen molar-refractivity contribution < 1.29 is 4.79 Å². The lowest BCUT2D eigenvalue weighted by Gasteiger charge is -2.05. The number of carbonyl (C=O) groups excluding carboxylic acids is 1. The fraction of sp³-hybridized carbons (Fsp3) is 0.0909. The summed E-state index contributed by atoms with van der Waals surface area (Å²) in [7, 11) is 0. The molecule has 17 heavy (non-hydrogen) atoms. The Morgan fingerprint density at radius 2 is 2.29 bits per heavy atom. The number of hydrogen-bond acceptors (Lipinski definition) is 4. The SMILES string of the molecule is Cc1cnc(NC(=O)c2cc(Cl)ccc2N)s1. The zero-order valence-electron chi connectivity index (χ0n) is 9.03. The monoisotopic (exact) mass is 267 g/mol. The second-order valence-electron chi connectivity index (χ2n) is 3.46. The van der Waals surface area contributed by atoms with Gasteiger partial charge < -0.3 is 5.73 Å². The Labute approximate surface area is 107 Å². The van der Waals surface area contributed by atoms with E-state index < -0.39 is 0 Å². The summed E-state index contributed by atoms with van der Waals surface area (Å²) in [5.74, 6) is -0.306. The molecule has 1 amide bonds. The standard InChI is InChI=1S/C11H10ClN3OS/c1-6-5-14-11(17-6)15-10(16)8-4-7(12)2-3-9(8)13/h2-5H,13H2,1H3,(H,14,15,16). The van der Waals surface area contributed by atoms with E-state index in [0.717, 1.165) is 4.88 Å². The van der Waals surface area contributed by atoms with Crippen molar-refractivity contribution in [3.8, 4) is 0 Å². The van der Waals surface area contributed by atoms with Crippen molar-refractivity contribution in [2.75, 3.05) is 11.1 Å². The number of aryl methyl sites for hydroxylation is 1. The summed E-state index contributed by atoms with van der Waals surface area (Å²) >= 11 is 7.22. The molecule has 6 heteroatoms. The first kappa shape index (κ1) is 11.9. The molecule has 88 valence electrons. The van der Waals surface area contributed by atoms with Crippen molar-refractivity contribution in [2.45, 2.75) is 6.92 Å². The summed E-state index contributed by atoms with van der Waals surface area (Å²) in [6.07, 6.45) is 1.70. The number of thiazole rings is 1. The van der Waals surface area contributed by atoms with Crippen LogP contribution in [0.5, 0.6) is 0 Å². The van der Waals surface area contributed by atoms with Gasteiger partial charge in [0.2, 0.25) is 0 Å². The van der Waals surface area contributed by atoms with Gasteiger partial charge in [-0.05, 0) is 25.1 Å². The van der Waals surface area contributed by atoms with E-state index in [1.54, 1.807) is 18.3 Å². The Bertz CT molecular complexity index is 568. The summed E-state index contributed by atoms with van der Waals surface area (Å²) in [5.41, 5.74) is 6.45. The summed E-state index contributed by atoms with van der Waals surface area (Å²) in [6.45, 7) is 1.92. The van der Waals surface area contributed by atoms with Gasteiger partial charge in [-0.15, -0.1) is 11.3 Å². The van der Waals surface area contributed by atoms with Gasteiger partial charge in [0.15, 0.2) is 5.13 Å². The Hall–Kier alpha value is -1.59. The number of nitrogens with one attached hydrogen (secondary N) is 1. The average molecular weight is 268 g/mol. The van der Waals surface area contributed by atoms with E-state index in [-0.39, 0.29) is 5.91 Å². The number of anilines is 2. The van der Waals surface area contributed by atoms with Gasteiger partial charge in [-0.2, -0.15) is 0 Å². The molecule has 0 aliphatic carbocycles. The normalized spacial score (nSPS) is 10.2. The maximum absolute atomic E-state index is 11.9. The molecular weight excluding hydrogens is 258 g/mol. The minimum absolute atomic E-state index is 0.306.